The minimum absolute atomic E-state index is 0.277. The molecule has 0 unspecified atom stereocenters. The van der Waals surface area contributed by atoms with Gasteiger partial charge in [-0.2, -0.15) is 5.10 Å². The zero-order valence-electron chi connectivity index (χ0n) is 13.8. The highest BCUT2D eigenvalue weighted by Gasteiger charge is 2.19. The molecule has 1 aliphatic carbocycles. The molecular weight excluding hydrogens is 372 g/mol. The number of imidazole rings is 1. The molecule has 2 N–H and O–H groups in total. The molecule has 1 aliphatic rings. The van der Waals surface area contributed by atoms with Crippen LogP contribution in [0.2, 0.25) is 0 Å². The van der Waals surface area contributed by atoms with Gasteiger partial charge in [0.1, 0.15) is 0 Å². The molecule has 128 valence electrons. The molecule has 1 aromatic heterocycles. The minimum Gasteiger partial charge on any atom is -0.493 e. The molecule has 0 aliphatic heterocycles. The van der Waals surface area contributed by atoms with Crippen molar-refractivity contribution in [3.63, 3.8) is 0 Å². The molecule has 1 fully saturated rings. The zero-order chi connectivity index (χ0) is 17.1. The van der Waals surface area contributed by atoms with E-state index in [4.69, 9.17) is 15.2 Å². The topological polar surface area (TPSA) is 74.7 Å². The molecule has 7 heteroatoms. The van der Waals surface area contributed by atoms with E-state index in [9.17, 15) is 0 Å². The van der Waals surface area contributed by atoms with Gasteiger partial charge in [-0.25, -0.2) is 9.66 Å². The molecule has 1 aromatic carbocycles. The van der Waals surface area contributed by atoms with Gasteiger partial charge in [-0.1, -0.05) is 0 Å². The second-order valence-electron chi connectivity index (χ2n) is 5.88. The van der Waals surface area contributed by atoms with Gasteiger partial charge in [-0.3, -0.25) is 0 Å². The minimum atomic E-state index is 0.277. The molecule has 1 heterocycles. The van der Waals surface area contributed by atoms with Crippen LogP contribution in [0.3, 0.4) is 0 Å². The lowest BCUT2D eigenvalue weighted by atomic mass is 10.2. The van der Waals surface area contributed by atoms with Gasteiger partial charge in [0.15, 0.2) is 11.5 Å². The van der Waals surface area contributed by atoms with Crippen molar-refractivity contribution in [1.82, 2.24) is 9.66 Å². The smallest absolute Gasteiger partial charge is 0.221 e. The van der Waals surface area contributed by atoms with Gasteiger partial charge in [0.05, 0.1) is 31.3 Å². The van der Waals surface area contributed by atoms with Crippen molar-refractivity contribution < 1.29 is 9.47 Å². The number of nitrogens with zero attached hydrogens (tertiary/aromatic N) is 3. The van der Waals surface area contributed by atoms with Crippen LogP contribution in [0.15, 0.2) is 27.9 Å². The second kappa shape index (κ2) is 7.25. The van der Waals surface area contributed by atoms with Crippen LogP contribution in [0.1, 0.15) is 36.9 Å². The summed E-state index contributed by atoms with van der Waals surface area (Å²) in [5, 5.41) is 4.34. The van der Waals surface area contributed by atoms with E-state index >= 15 is 0 Å². The first kappa shape index (κ1) is 16.8. The van der Waals surface area contributed by atoms with Crippen LogP contribution < -0.4 is 15.2 Å². The molecule has 6 nitrogen and oxygen atoms in total. The van der Waals surface area contributed by atoms with E-state index in [1.54, 1.807) is 19.5 Å². The van der Waals surface area contributed by atoms with E-state index in [0.717, 1.165) is 34.3 Å². The standard InChI is InChI=1S/C17H21BrN4O2/c1-11-10-22(17(19)21-11)20-9-12-7-15(23-2)16(8-14(12)18)24-13-5-3-4-6-13/h7-10,13H,3-6H2,1-2H3,(H2,19,21). The number of hydrogen-bond acceptors (Lipinski definition) is 5. The number of hydrogen-bond donors (Lipinski definition) is 1. The van der Waals surface area contributed by atoms with Crippen molar-refractivity contribution in [1.29, 1.82) is 0 Å². The van der Waals surface area contributed by atoms with E-state index in [-0.39, 0.29) is 6.10 Å². The molecule has 0 atom stereocenters. The predicted octanol–water partition coefficient (Wildman–Crippen LogP) is 3.75. The fourth-order valence-corrected chi connectivity index (χ4v) is 3.23. The first-order chi connectivity index (χ1) is 11.6. The third-order valence-electron chi connectivity index (χ3n) is 4.03. The molecule has 0 amide bonds. The number of halogens is 1. The molecule has 0 saturated heterocycles. The van der Waals surface area contributed by atoms with Gasteiger partial charge in [0.2, 0.25) is 5.95 Å². The fraction of sp³-hybridized carbons (Fsp3) is 0.412. The lowest BCUT2D eigenvalue weighted by Gasteiger charge is -2.17. The van der Waals surface area contributed by atoms with Gasteiger partial charge in [-0.05, 0) is 60.7 Å². The largest absolute Gasteiger partial charge is 0.493 e. The van der Waals surface area contributed by atoms with Crippen molar-refractivity contribution in [2.75, 3.05) is 12.8 Å². The Morgan fingerprint density at radius 1 is 1.33 bits per heavy atom. The Hall–Kier alpha value is -2.02. The SMILES string of the molecule is COc1cc(C=Nn2cc(C)nc2N)c(Br)cc1OC1CCCC1. The van der Waals surface area contributed by atoms with Crippen LogP contribution in [0.5, 0.6) is 11.5 Å². The maximum absolute atomic E-state index is 6.08. The van der Waals surface area contributed by atoms with Crippen LogP contribution >= 0.6 is 15.9 Å². The quantitative estimate of drug-likeness (QED) is 0.786. The Morgan fingerprint density at radius 3 is 2.71 bits per heavy atom. The summed E-state index contributed by atoms with van der Waals surface area (Å²) >= 11 is 3.57. The van der Waals surface area contributed by atoms with E-state index in [1.165, 1.54) is 17.5 Å². The number of anilines is 1. The molecule has 24 heavy (non-hydrogen) atoms. The number of ether oxygens (including phenoxy) is 2. The average molecular weight is 393 g/mol. The number of benzene rings is 1. The molecular formula is C17H21BrN4O2. The highest BCUT2D eigenvalue weighted by molar-refractivity contribution is 9.10. The number of nitrogen functional groups attached to an aromatic ring is 1. The number of aromatic nitrogens is 2. The maximum atomic E-state index is 6.08. The van der Waals surface area contributed by atoms with Crippen molar-refractivity contribution in [2.45, 2.75) is 38.7 Å². The zero-order valence-corrected chi connectivity index (χ0v) is 15.4. The molecule has 3 rings (SSSR count). The monoisotopic (exact) mass is 392 g/mol. The number of aryl methyl sites for hydroxylation is 1. The molecule has 2 aromatic rings. The summed E-state index contributed by atoms with van der Waals surface area (Å²) in [5.74, 6) is 1.81. The second-order valence-corrected chi connectivity index (χ2v) is 6.73. The Bertz CT molecular complexity index is 751. The number of methoxy groups -OCH3 is 1. The number of nitrogens with two attached hydrogens (primary N) is 1. The summed E-state index contributed by atoms with van der Waals surface area (Å²) in [6.07, 6.45) is 8.42. The van der Waals surface area contributed by atoms with Crippen molar-refractivity contribution in [3.8, 4) is 11.5 Å². The lowest BCUT2D eigenvalue weighted by molar-refractivity contribution is 0.200. The van der Waals surface area contributed by atoms with E-state index < -0.39 is 0 Å². The van der Waals surface area contributed by atoms with Gasteiger partial charge in [0, 0.05) is 10.0 Å². The van der Waals surface area contributed by atoms with Gasteiger partial charge in [-0.15, -0.1) is 0 Å². The van der Waals surface area contributed by atoms with E-state index in [1.807, 2.05) is 19.1 Å². The Morgan fingerprint density at radius 2 is 2.08 bits per heavy atom. The Labute approximate surface area is 149 Å². The van der Waals surface area contributed by atoms with Crippen LogP contribution in [-0.2, 0) is 0 Å². The van der Waals surface area contributed by atoms with Gasteiger partial charge < -0.3 is 15.2 Å². The summed E-state index contributed by atoms with van der Waals surface area (Å²) < 4.78 is 14.0. The van der Waals surface area contributed by atoms with Crippen molar-refractivity contribution in [3.05, 3.63) is 34.1 Å². The third-order valence-corrected chi connectivity index (χ3v) is 4.72. The summed E-state index contributed by atoms with van der Waals surface area (Å²) in [4.78, 5) is 4.12. The average Bonchev–Trinajstić information content (AvgIpc) is 3.16. The summed E-state index contributed by atoms with van der Waals surface area (Å²) in [7, 11) is 1.64. The summed E-state index contributed by atoms with van der Waals surface area (Å²) in [6, 6.07) is 3.83. The van der Waals surface area contributed by atoms with Crippen molar-refractivity contribution in [2.24, 2.45) is 5.10 Å². The highest BCUT2D eigenvalue weighted by Crippen LogP contribution is 2.35. The summed E-state index contributed by atoms with van der Waals surface area (Å²) in [5.41, 5.74) is 7.49. The number of rotatable bonds is 5. The molecule has 0 bridgehead atoms. The molecule has 0 radical (unpaired) electrons. The third kappa shape index (κ3) is 3.72. The lowest BCUT2D eigenvalue weighted by Crippen LogP contribution is -2.11. The van der Waals surface area contributed by atoms with Crippen LogP contribution in [-0.4, -0.2) is 29.1 Å². The van der Waals surface area contributed by atoms with Crippen LogP contribution in [0.25, 0.3) is 0 Å². The Kier molecular flexibility index (Phi) is 5.08. The predicted molar refractivity (Wildman–Crippen MR) is 97.9 cm³/mol. The Balaban J connectivity index is 1.84. The first-order valence-corrected chi connectivity index (χ1v) is 8.76. The highest BCUT2D eigenvalue weighted by atomic mass is 79.9. The van der Waals surface area contributed by atoms with Gasteiger partial charge >= 0.3 is 0 Å². The maximum Gasteiger partial charge on any atom is 0.221 e. The van der Waals surface area contributed by atoms with E-state index in [0.29, 0.717) is 11.7 Å². The summed E-state index contributed by atoms with van der Waals surface area (Å²) in [6.45, 7) is 1.87. The van der Waals surface area contributed by atoms with Crippen molar-refractivity contribution >= 4 is 28.1 Å². The molecule has 1 saturated carbocycles. The fourth-order valence-electron chi connectivity index (χ4n) is 2.81. The van der Waals surface area contributed by atoms with Crippen LogP contribution in [0, 0.1) is 6.92 Å². The van der Waals surface area contributed by atoms with E-state index in [2.05, 4.69) is 26.0 Å². The molecule has 0 spiro atoms. The normalized spacial score (nSPS) is 15.3. The van der Waals surface area contributed by atoms with Crippen LogP contribution in [0.4, 0.5) is 5.95 Å². The van der Waals surface area contributed by atoms with Gasteiger partial charge in [0.25, 0.3) is 0 Å². The first-order valence-electron chi connectivity index (χ1n) is 7.97.